The van der Waals surface area contributed by atoms with E-state index < -0.39 is 4.92 Å². The van der Waals surface area contributed by atoms with Gasteiger partial charge in [0.1, 0.15) is 5.75 Å². The molecule has 1 aromatic heterocycles. The number of nitrogens with one attached hydrogen (secondary N) is 1. The minimum Gasteiger partial charge on any atom is -0.497 e. The zero-order valence-corrected chi connectivity index (χ0v) is 17.3. The van der Waals surface area contributed by atoms with E-state index in [1.807, 2.05) is 30.3 Å². The van der Waals surface area contributed by atoms with Crippen LogP contribution >= 0.6 is 11.3 Å². The van der Waals surface area contributed by atoms with E-state index >= 15 is 0 Å². The number of carbonyl (C=O) groups excluding carboxylic acids is 1. The maximum Gasteiger partial charge on any atom is 0.269 e. The van der Waals surface area contributed by atoms with Gasteiger partial charge in [-0.1, -0.05) is 29.5 Å². The predicted octanol–water partition coefficient (Wildman–Crippen LogP) is 5.65. The molecule has 3 aromatic carbocycles. The molecule has 154 valence electrons. The lowest BCUT2D eigenvalue weighted by atomic mass is 10.1. The van der Waals surface area contributed by atoms with Crippen LogP contribution in [0.2, 0.25) is 0 Å². The lowest BCUT2D eigenvalue weighted by molar-refractivity contribution is -0.384. The van der Waals surface area contributed by atoms with E-state index in [1.165, 1.54) is 23.5 Å². The van der Waals surface area contributed by atoms with E-state index in [4.69, 9.17) is 4.74 Å². The largest absolute Gasteiger partial charge is 0.497 e. The van der Waals surface area contributed by atoms with Crippen LogP contribution in [-0.4, -0.2) is 22.9 Å². The van der Waals surface area contributed by atoms with E-state index in [-0.39, 0.29) is 11.6 Å². The van der Waals surface area contributed by atoms with Crippen LogP contribution in [0.3, 0.4) is 0 Å². The molecule has 0 spiro atoms. The SMILES string of the molecule is COc1ccc(-c2sc(NC(=O)c3ccccc3)nc2-c2ccc([N+](=O)[O-])cc2)cc1. The number of nitro benzene ring substituents is 1. The molecule has 0 aliphatic heterocycles. The van der Waals surface area contributed by atoms with Gasteiger partial charge in [0.15, 0.2) is 5.13 Å². The summed E-state index contributed by atoms with van der Waals surface area (Å²) < 4.78 is 5.23. The lowest BCUT2D eigenvalue weighted by Crippen LogP contribution is -2.11. The molecule has 0 fully saturated rings. The Labute approximate surface area is 182 Å². The molecule has 0 aliphatic rings. The number of benzene rings is 3. The molecule has 4 aromatic rings. The van der Waals surface area contributed by atoms with Gasteiger partial charge in [-0.3, -0.25) is 20.2 Å². The average Bonchev–Trinajstić information content (AvgIpc) is 3.23. The smallest absolute Gasteiger partial charge is 0.269 e. The molecule has 1 amide bonds. The van der Waals surface area contributed by atoms with Crippen LogP contribution in [0, 0.1) is 10.1 Å². The summed E-state index contributed by atoms with van der Waals surface area (Å²) in [5.74, 6) is 0.466. The Kier molecular flexibility index (Phi) is 5.72. The van der Waals surface area contributed by atoms with Gasteiger partial charge in [0, 0.05) is 23.3 Å². The van der Waals surface area contributed by atoms with Crippen molar-refractivity contribution in [2.45, 2.75) is 0 Å². The number of nitrogens with zero attached hydrogens (tertiary/aromatic N) is 2. The first kappa shape index (κ1) is 20.2. The highest BCUT2D eigenvalue weighted by Crippen LogP contribution is 2.40. The average molecular weight is 431 g/mol. The Bertz CT molecular complexity index is 1220. The van der Waals surface area contributed by atoms with Crippen LogP contribution in [0.25, 0.3) is 21.7 Å². The molecule has 0 saturated carbocycles. The van der Waals surface area contributed by atoms with Crippen LogP contribution in [0.1, 0.15) is 10.4 Å². The number of nitro groups is 1. The van der Waals surface area contributed by atoms with Crippen LogP contribution in [0.4, 0.5) is 10.8 Å². The zero-order chi connectivity index (χ0) is 21.8. The van der Waals surface area contributed by atoms with Crippen LogP contribution < -0.4 is 10.1 Å². The highest BCUT2D eigenvalue weighted by Gasteiger charge is 2.18. The summed E-state index contributed by atoms with van der Waals surface area (Å²) in [7, 11) is 1.60. The quantitative estimate of drug-likeness (QED) is 0.315. The molecule has 4 rings (SSSR count). The number of methoxy groups -OCH3 is 1. The van der Waals surface area contributed by atoms with Gasteiger partial charge in [0.05, 0.1) is 22.6 Å². The van der Waals surface area contributed by atoms with E-state index in [1.54, 1.807) is 43.5 Å². The molecule has 0 atom stereocenters. The fourth-order valence-corrected chi connectivity index (χ4v) is 4.00. The summed E-state index contributed by atoms with van der Waals surface area (Å²) in [4.78, 5) is 28.6. The molecular weight excluding hydrogens is 414 g/mol. The second-order valence-electron chi connectivity index (χ2n) is 6.55. The zero-order valence-electron chi connectivity index (χ0n) is 16.4. The standard InChI is InChI=1S/C23H17N3O4S/c1-30-19-13-9-16(10-14-19)21-20(15-7-11-18(12-8-15)26(28)29)24-23(31-21)25-22(27)17-5-3-2-4-6-17/h2-14H,1H3,(H,24,25,27). The Morgan fingerprint density at radius 3 is 2.23 bits per heavy atom. The van der Waals surface area contributed by atoms with Crippen molar-refractivity contribution in [1.29, 1.82) is 0 Å². The summed E-state index contributed by atoms with van der Waals surface area (Å²) in [5, 5.41) is 14.3. The Morgan fingerprint density at radius 1 is 0.968 bits per heavy atom. The molecule has 1 N–H and O–H groups in total. The van der Waals surface area contributed by atoms with Crippen LogP contribution in [-0.2, 0) is 0 Å². The van der Waals surface area contributed by atoms with Gasteiger partial charge < -0.3 is 4.74 Å². The number of rotatable bonds is 6. The van der Waals surface area contributed by atoms with Crippen molar-refractivity contribution < 1.29 is 14.5 Å². The minimum absolute atomic E-state index is 0.00239. The number of anilines is 1. The van der Waals surface area contributed by atoms with Gasteiger partial charge in [-0.15, -0.1) is 0 Å². The van der Waals surface area contributed by atoms with E-state index in [2.05, 4.69) is 10.3 Å². The van der Waals surface area contributed by atoms with Crippen molar-refractivity contribution in [3.05, 3.63) is 94.5 Å². The van der Waals surface area contributed by atoms with Gasteiger partial charge in [-0.2, -0.15) is 0 Å². The number of ether oxygens (including phenoxy) is 1. The van der Waals surface area contributed by atoms with E-state index in [0.29, 0.717) is 22.0 Å². The van der Waals surface area contributed by atoms with Crippen molar-refractivity contribution in [3.8, 4) is 27.4 Å². The molecule has 31 heavy (non-hydrogen) atoms. The molecule has 8 heteroatoms. The van der Waals surface area contributed by atoms with Crippen molar-refractivity contribution in [2.75, 3.05) is 12.4 Å². The predicted molar refractivity (Wildman–Crippen MR) is 121 cm³/mol. The topological polar surface area (TPSA) is 94.4 Å². The molecular formula is C23H17N3O4S. The summed E-state index contributed by atoms with van der Waals surface area (Å²) in [6, 6.07) is 22.6. The van der Waals surface area contributed by atoms with E-state index in [9.17, 15) is 14.9 Å². The molecule has 0 radical (unpaired) electrons. The monoisotopic (exact) mass is 431 g/mol. The number of non-ortho nitro benzene ring substituents is 1. The molecule has 0 aliphatic carbocycles. The van der Waals surface area contributed by atoms with Gasteiger partial charge in [-0.25, -0.2) is 4.98 Å². The van der Waals surface area contributed by atoms with Gasteiger partial charge >= 0.3 is 0 Å². The second kappa shape index (κ2) is 8.76. The number of hydrogen-bond donors (Lipinski definition) is 1. The number of hydrogen-bond acceptors (Lipinski definition) is 6. The third kappa shape index (κ3) is 4.44. The Morgan fingerprint density at radius 2 is 1.61 bits per heavy atom. The van der Waals surface area contributed by atoms with Crippen LogP contribution in [0.15, 0.2) is 78.9 Å². The van der Waals surface area contributed by atoms with Crippen LogP contribution in [0.5, 0.6) is 5.75 Å². The molecule has 0 bridgehead atoms. The molecule has 0 saturated heterocycles. The molecule has 0 unspecified atom stereocenters. The fourth-order valence-electron chi connectivity index (χ4n) is 3.01. The maximum atomic E-state index is 12.6. The van der Waals surface area contributed by atoms with Crippen molar-refractivity contribution in [1.82, 2.24) is 4.98 Å². The summed E-state index contributed by atoms with van der Waals surface area (Å²) >= 11 is 1.34. The number of carbonyl (C=O) groups is 1. The summed E-state index contributed by atoms with van der Waals surface area (Å²) in [6.45, 7) is 0. The molecule has 1 heterocycles. The Balaban J connectivity index is 1.74. The van der Waals surface area contributed by atoms with Crippen molar-refractivity contribution >= 4 is 28.1 Å². The van der Waals surface area contributed by atoms with Crippen molar-refractivity contribution in [3.63, 3.8) is 0 Å². The van der Waals surface area contributed by atoms with Gasteiger partial charge in [-0.05, 0) is 54.1 Å². The highest BCUT2D eigenvalue weighted by molar-refractivity contribution is 7.19. The normalized spacial score (nSPS) is 10.5. The maximum absolute atomic E-state index is 12.6. The Hall–Kier alpha value is -4.04. The van der Waals surface area contributed by atoms with Crippen molar-refractivity contribution in [2.24, 2.45) is 0 Å². The van der Waals surface area contributed by atoms with E-state index in [0.717, 1.165) is 16.2 Å². The minimum atomic E-state index is -0.444. The molecule has 7 nitrogen and oxygen atoms in total. The third-order valence-electron chi connectivity index (χ3n) is 4.59. The highest BCUT2D eigenvalue weighted by atomic mass is 32.1. The number of aromatic nitrogens is 1. The second-order valence-corrected chi connectivity index (χ2v) is 7.55. The number of amides is 1. The first-order valence-electron chi connectivity index (χ1n) is 9.31. The summed E-state index contributed by atoms with van der Waals surface area (Å²) in [5.41, 5.74) is 2.77. The lowest BCUT2D eigenvalue weighted by Gasteiger charge is -2.04. The van der Waals surface area contributed by atoms with Gasteiger partial charge in [0.2, 0.25) is 0 Å². The first-order valence-corrected chi connectivity index (χ1v) is 10.1. The summed E-state index contributed by atoms with van der Waals surface area (Å²) in [6.07, 6.45) is 0. The third-order valence-corrected chi connectivity index (χ3v) is 5.61. The van der Waals surface area contributed by atoms with Gasteiger partial charge in [0.25, 0.3) is 11.6 Å². The number of thiazole rings is 1. The fraction of sp³-hybridized carbons (Fsp3) is 0.0435. The first-order chi connectivity index (χ1) is 15.0.